The number of carbonyl (C=O) groups excluding carboxylic acids is 1. The predicted molar refractivity (Wildman–Crippen MR) is 61.3 cm³/mol. The monoisotopic (exact) mass is 216 g/mol. The number of benzene rings is 1. The van der Waals surface area contributed by atoms with Crippen molar-refractivity contribution in [1.82, 2.24) is 9.55 Å². The zero-order valence-corrected chi connectivity index (χ0v) is 9.15. The van der Waals surface area contributed by atoms with Gasteiger partial charge in [-0.25, -0.2) is 4.79 Å². The van der Waals surface area contributed by atoms with E-state index < -0.39 is 0 Å². The number of H-pyrrole nitrogens is 1. The number of aryl methyl sites for hydroxylation is 1. The number of aromatic amines is 1. The minimum atomic E-state index is -0.182. The lowest BCUT2D eigenvalue weighted by Gasteiger charge is -2.04. The molecule has 82 valence electrons. The second-order valence-corrected chi connectivity index (χ2v) is 3.69. The van der Waals surface area contributed by atoms with Crippen LogP contribution < -0.4 is 5.69 Å². The van der Waals surface area contributed by atoms with Crippen LogP contribution in [0.4, 0.5) is 0 Å². The normalized spacial score (nSPS) is 10.4. The van der Waals surface area contributed by atoms with Crippen LogP contribution in [-0.2, 0) is 0 Å². The molecular weight excluding hydrogens is 204 g/mol. The molecule has 1 aromatic heterocycles. The van der Waals surface area contributed by atoms with Crippen LogP contribution in [0.15, 0.2) is 29.1 Å². The molecule has 0 fully saturated rings. The third-order valence-electron chi connectivity index (χ3n) is 2.64. The molecule has 1 aromatic carbocycles. The smallest absolute Gasteiger partial charge is 0.310 e. The fourth-order valence-electron chi connectivity index (χ4n) is 1.67. The number of hydrogen-bond acceptors (Lipinski definition) is 2. The summed E-state index contributed by atoms with van der Waals surface area (Å²) in [5, 5.41) is 0. The van der Waals surface area contributed by atoms with Crippen molar-refractivity contribution < 1.29 is 4.79 Å². The number of imidazole rings is 1. The standard InChI is InChI=1S/C12H12N2O2/c1-8-9(2)14(12(16)13-8)11-5-3-4-10(6-11)7-15/h3-7H,1-2H3,(H,13,16). The van der Waals surface area contributed by atoms with E-state index in [4.69, 9.17) is 0 Å². The Labute approximate surface area is 92.5 Å². The minimum Gasteiger partial charge on any atom is -0.310 e. The highest BCUT2D eigenvalue weighted by atomic mass is 16.1. The number of nitrogens with one attached hydrogen (secondary N) is 1. The molecule has 0 amide bonds. The third-order valence-corrected chi connectivity index (χ3v) is 2.64. The Morgan fingerprint density at radius 3 is 2.62 bits per heavy atom. The van der Waals surface area contributed by atoms with Crippen LogP contribution in [-0.4, -0.2) is 15.8 Å². The van der Waals surface area contributed by atoms with Gasteiger partial charge in [-0.1, -0.05) is 12.1 Å². The zero-order chi connectivity index (χ0) is 11.7. The van der Waals surface area contributed by atoms with E-state index in [1.807, 2.05) is 13.8 Å². The summed E-state index contributed by atoms with van der Waals surface area (Å²) >= 11 is 0. The van der Waals surface area contributed by atoms with Crippen LogP contribution in [0.25, 0.3) is 5.69 Å². The van der Waals surface area contributed by atoms with Crippen molar-refractivity contribution in [3.05, 3.63) is 51.7 Å². The summed E-state index contributed by atoms with van der Waals surface area (Å²) in [4.78, 5) is 25.1. The first-order chi connectivity index (χ1) is 7.63. The average Bonchev–Trinajstić information content (AvgIpc) is 2.53. The molecule has 0 unspecified atom stereocenters. The van der Waals surface area contributed by atoms with E-state index in [2.05, 4.69) is 4.98 Å². The van der Waals surface area contributed by atoms with Crippen LogP contribution in [0, 0.1) is 13.8 Å². The highest BCUT2D eigenvalue weighted by Crippen LogP contribution is 2.11. The van der Waals surface area contributed by atoms with Crippen LogP contribution in [0.1, 0.15) is 21.7 Å². The van der Waals surface area contributed by atoms with Gasteiger partial charge in [-0.3, -0.25) is 9.36 Å². The molecule has 0 saturated carbocycles. The molecule has 1 heterocycles. The summed E-state index contributed by atoms with van der Waals surface area (Å²) < 4.78 is 1.56. The van der Waals surface area contributed by atoms with E-state index in [1.165, 1.54) is 0 Å². The molecule has 0 aliphatic carbocycles. The van der Waals surface area contributed by atoms with Crippen molar-refractivity contribution >= 4 is 6.29 Å². The predicted octanol–water partition coefficient (Wildman–Crippen LogP) is 1.59. The first kappa shape index (κ1) is 10.4. The summed E-state index contributed by atoms with van der Waals surface area (Å²) in [7, 11) is 0. The Morgan fingerprint density at radius 2 is 2.06 bits per heavy atom. The molecule has 1 N–H and O–H groups in total. The van der Waals surface area contributed by atoms with E-state index in [9.17, 15) is 9.59 Å². The molecule has 0 spiro atoms. The van der Waals surface area contributed by atoms with Gasteiger partial charge in [-0.05, 0) is 26.0 Å². The maximum Gasteiger partial charge on any atom is 0.330 e. The van der Waals surface area contributed by atoms with Gasteiger partial charge in [0.05, 0.1) is 5.69 Å². The Balaban J connectivity index is 2.67. The second kappa shape index (κ2) is 3.81. The third kappa shape index (κ3) is 1.58. The van der Waals surface area contributed by atoms with E-state index in [1.54, 1.807) is 28.8 Å². The molecule has 0 atom stereocenters. The van der Waals surface area contributed by atoms with Crippen molar-refractivity contribution in [3.8, 4) is 5.69 Å². The van der Waals surface area contributed by atoms with Gasteiger partial charge in [0.25, 0.3) is 0 Å². The van der Waals surface area contributed by atoms with E-state index in [-0.39, 0.29) is 5.69 Å². The molecule has 0 bridgehead atoms. The molecule has 4 nitrogen and oxygen atoms in total. The van der Waals surface area contributed by atoms with Crippen molar-refractivity contribution in [2.75, 3.05) is 0 Å². The van der Waals surface area contributed by atoms with Gasteiger partial charge in [-0.15, -0.1) is 0 Å². The molecule has 2 rings (SSSR count). The van der Waals surface area contributed by atoms with Crippen LogP contribution >= 0.6 is 0 Å². The lowest BCUT2D eigenvalue weighted by Crippen LogP contribution is -2.15. The zero-order valence-electron chi connectivity index (χ0n) is 9.15. The van der Waals surface area contributed by atoms with Crippen molar-refractivity contribution in [2.45, 2.75) is 13.8 Å². The van der Waals surface area contributed by atoms with Gasteiger partial charge >= 0.3 is 5.69 Å². The Kier molecular flexibility index (Phi) is 2.48. The van der Waals surface area contributed by atoms with E-state index >= 15 is 0 Å². The highest BCUT2D eigenvalue weighted by molar-refractivity contribution is 5.75. The summed E-state index contributed by atoms with van der Waals surface area (Å²) in [6.45, 7) is 3.71. The number of hydrogen-bond donors (Lipinski definition) is 1. The summed E-state index contributed by atoms with van der Waals surface area (Å²) in [6.07, 6.45) is 0.767. The van der Waals surface area contributed by atoms with Gasteiger partial charge in [-0.2, -0.15) is 0 Å². The number of nitrogens with zero attached hydrogens (tertiary/aromatic N) is 1. The summed E-state index contributed by atoms with van der Waals surface area (Å²) in [6, 6.07) is 6.95. The topological polar surface area (TPSA) is 54.9 Å². The fourth-order valence-corrected chi connectivity index (χ4v) is 1.67. The number of aldehydes is 1. The number of aromatic nitrogens is 2. The average molecular weight is 216 g/mol. The van der Waals surface area contributed by atoms with Crippen molar-refractivity contribution in [2.24, 2.45) is 0 Å². The fraction of sp³-hybridized carbons (Fsp3) is 0.167. The van der Waals surface area contributed by atoms with Gasteiger partial charge in [0, 0.05) is 17.0 Å². The van der Waals surface area contributed by atoms with E-state index in [0.29, 0.717) is 11.3 Å². The van der Waals surface area contributed by atoms with Gasteiger partial charge in [0.1, 0.15) is 6.29 Å². The van der Waals surface area contributed by atoms with Crippen LogP contribution in [0.5, 0.6) is 0 Å². The molecule has 0 aliphatic heterocycles. The molecule has 4 heteroatoms. The Hall–Kier alpha value is -2.10. The van der Waals surface area contributed by atoms with Gasteiger partial charge < -0.3 is 4.98 Å². The molecule has 0 aliphatic rings. The first-order valence-corrected chi connectivity index (χ1v) is 4.97. The Bertz CT molecular complexity index is 593. The van der Waals surface area contributed by atoms with Gasteiger partial charge in [0.2, 0.25) is 0 Å². The maximum absolute atomic E-state index is 11.7. The largest absolute Gasteiger partial charge is 0.330 e. The van der Waals surface area contributed by atoms with E-state index in [0.717, 1.165) is 17.7 Å². The quantitative estimate of drug-likeness (QED) is 0.775. The molecule has 16 heavy (non-hydrogen) atoms. The SMILES string of the molecule is Cc1[nH]c(=O)n(-c2cccc(C=O)c2)c1C. The Morgan fingerprint density at radius 1 is 1.31 bits per heavy atom. The van der Waals surface area contributed by atoms with Gasteiger partial charge in [0.15, 0.2) is 0 Å². The minimum absolute atomic E-state index is 0.182. The summed E-state index contributed by atoms with van der Waals surface area (Å²) in [5.74, 6) is 0. The molecule has 0 radical (unpaired) electrons. The van der Waals surface area contributed by atoms with Crippen molar-refractivity contribution in [1.29, 1.82) is 0 Å². The first-order valence-electron chi connectivity index (χ1n) is 4.97. The summed E-state index contributed by atoms with van der Waals surface area (Å²) in [5.41, 5.74) is 2.77. The van der Waals surface area contributed by atoms with Crippen molar-refractivity contribution in [3.63, 3.8) is 0 Å². The molecule has 0 saturated heterocycles. The maximum atomic E-state index is 11.7. The lowest BCUT2D eigenvalue weighted by atomic mass is 10.2. The second-order valence-electron chi connectivity index (χ2n) is 3.69. The van der Waals surface area contributed by atoms with Crippen LogP contribution in [0.3, 0.4) is 0 Å². The number of rotatable bonds is 2. The highest BCUT2D eigenvalue weighted by Gasteiger charge is 2.08. The lowest BCUT2D eigenvalue weighted by molar-refractivity contribution is 0.112. The number of carbonyl (C=O) groups is 1. The molecular formula is C12H12N2O2. The molecule has 2 aromatic rings. The van der Waals surface area contributed by atoms with Crippen LogP contribution in [0.2, 0.25) is 0 Å².